The molecule has 1 aliphatic rings. The van der Waals surface area contributed by atoms with Gasteiger partial charge in [-0.15, -0.1) is 0 Å². The van der Waals surface area contributed by atoms with Crippen LogP contribution < -0.4 is 0 Å². The van der Waals surface area contributed by atoms with Crippen LogP contribution in [-0.4, -0.2) is 11.4 Å². The van der Waals surface area contributed by atoms with Crippen molar-refractivity contribution in [3.05, 3.63) is 0 Å². The van der Waals surface area contributed by atoms with Crippen molar-refractivity contribution in [1.29, 1.82) is 0 Å². The van der Waals surface area contributed by atoms with Crippen LogP contribution in [0, 0.1) is 5.92 Å². The molecular weight excluding hydrogens is 184 g/mol. The number of rotatable bonds is 2. The van der Waals surface area contributed by atoms with E-state index < -0.39 is 6.29 Å². The zero-order chi connectivity index (χ0) is 6.69. The fraction of sp³-hybridized carbons (Fsp3) is 1.00. The summed E-state index contributed by atoms with van der Waals surface area (Å²) < 4.78 is 4.60. The van der Waals surface area contributed by atoms with E-state index in [2.05, 4.69) is 20.1 Å². The molecule has 0 aromatic heterocycles. The third-order valence-electron chi connectivity index (χ3n) is 1.89. The van der Waals surface area contributed by atoms with Gasteiger partial charge in [0.15, 0.2) is 6.29 Å². The maximum atomic E-state index is 9.09. The standard InChI is InChI=1S/C6H11BrO2/c7-9-6(8)5-3-1-2-4-5/h5-6,8H,1-4H2/t6-/m0/s1. The Bertz CT molecular complexity index is 81.1. The molecule has 0 unspecified atom stereocenters. The Labute approximate surface area is 63.7 Å². The molecule has 0 aromatic carbocycles. The quantitative estimate of drug-likeness (QED) is 0.681. The molecule has 54 valence electrons. The second kappa shape index (κ2) is 3.54. The lowest BCUT2D eigenvalue weighted by atomic mass is 10.1. The summed E-state index contributed by atoms with van der Waals surface area (Å²) >= 11 is 2.77. The number of hydrogen-bond donors (Lipinski definition) is 1. The van der Waals surface area contributed by atoms with E-state index in [1.807, 2.05) is 0 Å². The van der Waals surface area contributed by atoms with Gasteiger partial charge in [0, 0.05) is 5.92 Å². The van der Waals surface area contributed by atoms with Crippen LogP contribution in [0.2, 0.25) is 0 Å². The highest BCUT2D eigenvalue weighted by atomic mass is 79.9. The molecule has 0 saturated heterocycles. The Balaban J connectivity index is 2.24. The smallest absolute Gasteiger partial charge is 0.170 e. The van der Waals surface area contributed by atoms with E-state index in [4.69, 9.17) is 5.11 Å². The van der Waals surface area contributed by atoms with Crippen molar-refractivity contribution in [1.82, 2.24) is 0 Å². The molecule has 1 aliphatic carbocycles. The molecule has 1 N–H and O–H groups in total. The predicted octanol–water partition coefficient (Wildman–Crippen LogP) is 1.82. The van der Waals surface area contributed by atoms with E-state index in [0.29, 0.717) is 5.92 Å². The summed E-state index contributed by atoms with van der Waals surface area (Å²) in [4.78, 5) is 0. The summed E-state index contributed by atoms with van der Waals surface area (Å²) in [6, 6.07) is 0. The second-order valence-corrected chi connectivity index (χ2v) is 2.90. The molecule has 0 bridgehead atoms. The largest absolute Gasteiger partial charge is 0.367 e. The van der Waals surface area contributed by atoms with Crippen LogP contribution in [0.15, 0.2) is 0 Å². The van der Waals surface area contributed by atoms with Gasteiger partial charge in [-0.05, 0) is 12.8 Å². The number of aliphatic hydroxyl groups excluding tert-OH is 1. The van der Waals surface area contributed by atoms with Crippen molar-refractivity contribution in [3.8, 4) is 0 Å². The van der Waals surface area contributed by atoms with Crippen molar-refractivity contribution >= 4 is 16.3 Å². The van der Waals surface area contributed by atoms with Crippen LogP contribution in [0.1, 0.15) is 25.7 Å². The monoisotopic (exact) mass is 194 g/mol. The fourth-order valence-corrected chi connectivity index (χ4v) is 1.62. The average molecular weight is 195 g/mol. The van der Waals surface area contributed by atoms with Crippen LogP contribution in [0.3, 0.4) is 0 Å². The molecule has 0 amide bonds. The highest BCUT2D eigenvalue weighted by Crippen LogP contribution is 2.28. The first-order chi connectivity index (χ1) is 4.34. The Morgan fingerprint density at radius 1 is 1.44 bits per heavy atom. The summed E-state index contributed by atoms with van der Waals surface area (Å²) in [5.74, 6) is 0.365. The minimum Gasteiger partial charge on any atom is -0.367 e. The number of hydrogen-bond acceptors (Lipinski definition) is 2. The van der Waals surface area contributed by atoms with E-state index in [9.17, 15) is 0 Å². The van der Waals surface area contributed by atoms with Crippen LogP contribution in [-0.2, 0) is 3.83 Å². The molecule has 1 atom stereocenters. The Morgan fingerprint density at radius 2 is 2.00 bits per heavy atom. The number of halogens is 1. The molecular formula is C6H11BrO2. The first kappa shape index (κ1) is 7.51. The molecule has 9 heavy (non-hydrogen) atoms. The minimum absolute atomic E-state index is 0.365. The molecule has 1 rings (SSSR count). The SMILES string of the molecule is O[C@@H](OBr)C1CCCC1. The average Bonchev–Trinajstić information content (AvgIpc) is 2.37. The molecule has 0 aliphatic heterocycles. The van der Waals surface area contributed by atoms with Crippen molar-refractivity contribution in [2.45, 2.75) is 32.0 Å². The molecule has 0 heterocycles. The van der Waals surface area contributed by atoms with Crippen molar-refractivity contribution < 1.29 is 8.93 Å². The van der Waals surface area contributed by atoms with Gasteiger partial charge in [0.05, 0.1) is 0 Å². The van der Waals surface area contributed by atoms with Gasteiger partial charge in [-0.25, -0.2) is 0 Å². The molecule has 0 radical (unpaired) electrons. The van der Waals surface area contributed by atoms with E-state index in [0.717, 1.165) is 12.8 Å². The van der Waals surface area contributed by atoms with Gasteiger partial charge in [-0.2, -0.15) is 0 Å². The van der Waals surface area contributed by atoms with Gasteiger partial charge < -0.3 is 5.11 Å². The summed E-state index contributed by atoms with van der Waals surface area (Å²) in [6.07, 6.45) is 4.09. The zero-order valence-corrected chi connectivity index (χ0v) is 6.80. The normalized spacial score (nSPS) is 24.7. The van der Waals surface area contributed by atoms with Gasteiger partial charge in [-0.3, -0.25) is 3.83 Å². The molecule has 1 saturated carbocycles. The van der Waals surface area contributed by atoms with Crippen molar-refractivity contribution in [3.63, 3.8) is 0 Å². The molecule has 1 fully saturated rings. The van der Waals surface area contributed by atoms with Gasteiger partial charge >= 0.3 is 0 Å². The van der Waals surface area contributed by atoms with Gasteiger partial charge in [-0.1, -0.05) is 12.8 Å². The lowest BCUT2D eigenvalue weighted by Gasteiger charge is -2.12. The number of aliphatic hydroxyl groups is 1. The van der Waals surface area contributed by atoms with Gasteiger partial charge in [0.1, 0.15) is 16.3 Å². The lowest BCUT2D eigenvalue weighted by molar-refractivity contribution is -0.0397. The molecule has 3 heteroatoms. The summed E-state index contributed by atoms with van der Waals surface area (Å²) in [5, 5.41) is 9.09. The first-order valence-corrected chi connectivity index (χ1v) is 3.95. The van der Waals surface area contributed by atoms with Gasteiger partial charge in [0.2, 0.25) is 0 Å². The van der Waals surface area contributed by atoms with Crippen LogP contribution in [0.5, 0.6) is 0 Å². The topological polar surface area (TPSA) is 29.5 Å². The van der Waals surface area contributed by atoms with Crippen LogP contribution in [0.4, 0.5) is 0 Å². The third kappa shape index (κ3) is 1.92. The van der Waals surface area contributed by atoms with Gasteiger partial charge in [0.25, 0.3) is 0 Å². The maximum absolute atomic E-state index is 9.09. The molecule has 0 aromatic rings. The minimum atomic E-state index is -0.590. The van der Waals surface area contributed by atoms with Crippen LogP contribution in [0.25, 0.3) is 0 Å². The fourth-order valence-electron chi connectivity index (χ4n) is 1.32. The third-order valence-corrected chi connectivity index (χ3v) is 2.28. The predicted molar refractivity (Wildman–Crippen MR) is 38.0 cm³/mol. The van der Waals surface area contributed by atoms with E-state index >= 15 is 0 Å². The Morgan fingerprint density at radius 3 is 2.44 bits per heavy atom. The lowest BCUT2D eigenvalue weighted by Crippen LogP contribution is -2.16. The van der Waals surface area contributed by atoms with Crippen LogP contribution >= 0.6 is 16.3 Å². The Hall–Kier alpha value is 0.400. The van der Waals surface area contributed by atoms with E-state index in [1.165, 1.54) is 12.8 Å². The second-order valence-electron chi connectivity index (χ2n) is 2.52. The van der Waals surface area contributed by atoms with Crippen molar-refractivity contribution in [2.24, 2.45) is 5.92 Å². The summed E-state index contributed by atoms with van der Waals surface area (Å²) in [7, 11) is 0. The summed E-state index contributed by atoms with van der Waals surface area (Å²) in [5.41, 5.74) is 0. The highest BCUT2D eigenvalue weighted by Gasteiger charge is 2.22. The molecule has 2 nitrogen and oxygen atoms in total. The molecule has 0 spiro atoms. The van der Waals surface area contributed by atoms with Crippen molar-refractivity contribution in [2.75, 3.05) is 0 Å². The van der Waals surface area contributed by atoms with E-state index in [-0.39, 0.29) is 0 Å². The van der Waals surface area contributed by atoms with E-state index in [1.54, 1.807) is 0 Å². The first-order valence-electron chi connectivity index (χ1n) is 3.30. The summed E-state index contributed by atoms with van der Waals surface area (Å²) in [6.45, 7) is 0. The Kier molecular flexibility index (Phi) is 2.95. The maximum Gasteiger partial charge on any atom is 0.170 e. The zero-order valence-electron chi connectivity index (χ0n) is 5.22. The highest BCUT2D eigenvalue weighted by molar-refractivity contribution is 9.06.